The Labute approximate surface area is 191 Å². The smallest absolute Gasteiger partial charge is 0.282 e. The van der Waals surface area contributed by atoms with Crippen molar-refractivity contribution in [3.8, 4) is 17.1 Å². The van der Waals surface area contributed by atoms with Crippen molar-refractivity contribution >= 4 is 17.1 Å². The number of hydrogen-bond donors (Lipinski definition) is 0. The number of benzene rings is 4. The van der Waals surface area contributed by atoms with Gasteiger partial charge in [0.1, 0.15) is 12.4 Å². The molecule has 0 fully saturated rings. The van der Waals surface area contributed by atoms with Crippen molar-refractivity contribution in [3.05, 3.63) is 131 Å². The molecule has 0 saturated heterocycles. The molecule has 0 spiro atoms. The van der Waals surface area contributed by atoms with Crippen molar-refractivity contribution in [1.29, 1.82) is 0 Å². The number of para-hydroxylation sites is 1. The van der Waals surface area contributed by atoms with Gasteiger partial charge in [-0.15, -0.1) is 0 Å². The fourth-order valence-electron chi connectivity index (χ4n) is 3.52. The maximum Gasteiger partial charge on any atom is 0.282 e. The molecule has 5 rings (SSSR count). The summed E-state index contributed by atoms with van der Waals surface area (Å²) in [6.07, 6.45) is 1.66. The molecule has 0 saturated carbocycles. The molecular weight excluding hydrogens is 410 g/mol. The second-order valence-corrected chi connectivity index (χ2v) is 7.52. The first-order valence-electron chi connectivity index (χ1n) is 10.7. The van der Waals surface area contributed by atoms with Gasteiger partial charge in [-0.1, -0.05) is 72.8 Å². The van der Waals surface area contributed by atoms with E-state index in [0.717, 1.165) is 22.4 Å². The third-order valence-electron chi connectivity index (χ3n) is 5.24. The Morgan fingerprint density at radius 2 is 1.45 bits per heavy atom. The van der Waals surface area contributed by atoms with E-state index in [1.807, 2.05) is 103 Å². The minimum atomic E-state index is -0.210. The first-order chi connectivity index (χ1) is 16.3. The predicted molar refractivity (Wildman–Crippen MR) is 132 cm³/mol. The molecule has 5 heteroatoms. The molecule has 0 aliphatic carbocycles. The summed E-state index contributed by atoms with van der Waals surface area (Å²) in [5, 5.41) is 5.03. The normalized spacial score (nSPS) is 11.2. The highest BCUT2D eigenvalue weighted by molar-refractivity contribution is 5.82. The zero-order valence-electron chi connectivity index (χ0n) is 17.8. The van der Waals surface area contributed by atoms with Crippen molar-refractivity contribution < 1.29 is 4.74 Å². The molecule has 160 valence electrons. The minimum Gasteiger partial charge on any atom is -0.489 e. The van der Waals surface area contributed by atoms with Crippen molar-refractivity contribution in [2.24, 2.45) is 5.10 Å². The molecule has 0 unspecified atom stereocenters. The summed E-state index contributed by atoms with van der Waals surface area (Å²) in [6, 6.07) is 34.5. The molecule has 0 aliphatic rings. The molecule has 5 nitrogen and oxygen atoms in total. The van der Waals surface area contributed by atoms with E-state index in [1.165, 1.54) is 4.68 Å². The quantitative estimate of drug-likeness (QED) is 0.333. The molecule has 0 radical (unpaired) electrons. The molecule has 0 atom stereocenters. The Balaban J connectivity index is 1.44. The minimum absolute atomic E-state index is 0.210. The summed E-state index contributed by atoms with van der Waals surface area (Å²) < 4.78 is 7.20. The highest BCUT2D eigenvalue weighted by atomic mass is 16.5. The zero-order valence-corrected chi connectivity index (χ0v) is 17.8. The molecule has 0 bridgehead atoms. The van der Waals surface area contributed by atoms with E-state index in [-0.39, 0.29) is 5.56 Å². The van der Waals surface area contributed by atoms with Crippen LogP contribution in [0.15, 0.2) is 119 Å². The number of hydrogen-bond acceptors (Lipinski definition) is 4. The largest absolute Gasteiger partial charge is 0.489 e. The van der Waals surface area contributed by atoms with Crippen molar-refractivity contribution in [3.63, 3.8) is 0 Å². The van der Waals surface area contributed by atoms with Crippen LogP contribution in [0.3, 0.4) is 0 Å². The van der Waals surface area contributed by atoms with Gasteiger partial charge in [-0.2, -0.15) is 9.78 Å². The molecule has 0 amide bonds. The molecular formula is C28H21N3O2. The van der Waals surface area contributed by atoms with Crippen LogP contribution in [0.1, 0.15) is 11.1 Å². The molecule has 33 heavy (non-hydrogen) atoms. The summed E-state index contributed by atoms with van der Waals surface area (Å²) in [7, 11) is 0. The summed E-state index contributed by atoms with van der Waals surface area (Å²) in [6.45, 7) is 0.507. The van der Waals surface area contributed by atoms with Crippen molar-refractivity contribution in [2.45, 2.75) is 6.61 Å². The third kappa shape index (κ3) is 4.57. The van der Waals surface area contributed by atoms with Gasteiger partial charge in [-0.25, -0.2) is 4.98 Å². The highest BCUT2D eigenvalue weighted by Crippen LogP contribution is 2.19. The Hall–Kier alpha value is -4.51. The molecule has 1 heterocycles. The van der Waals surface area contributed by atoms with Crippen molar-refractivity contribution in [1.82, 2.24) is 9.66 Å². The maximum atomic E-state index is 13.2. The monoisotopic (exact) mass is 431 g/mol. The maximum absolute atomic E-state index is 13.2. The van der Waals surface area contributed by atoms with E-state index in [2.05, 4.69) is 5.10 Å². The highest BCUT2D eigenvalue weighted by Gasteiger charge is 2.11. The van der Waals surface area contributed by atoms with Crippen LogP contribution in [0.4, 0.5) is 0 Å². The van der Waals surface area contributed by atoms with Gasteiger partial charge in [0.25, 0.3) is 5.56 Å². The fourth-order valence-corrected chi connectivity index (χ4v) is 3.52. The van der Waals surface area contributed by atoms with Crippen LogP contribution in [-0.2, 0) is 6.61 Å². The lowest BCUT2D eigenvalue weighted by Crippen LogP contribution is -2.20. The number of aromatic nitrogens is 2. The van der Waals surface area contributed by atoms with Crippen LogP contribution in [0.5, 0.6) is 5.75 Å². The molecule has 5 aromatic rings. The Kier molecular flexibility index (Phi) is 5.76. The van der Waals surface area contributed by atoms with E-state index in [0.29, 0.717) is 23.3 Å². The van der Waals surface area contributed by atoms with Gasteiger partial charge < -0.3 is 4.74 Å². The first kappa shape index (κ1) is 20.4. The van der Waals surface area contributed by atoms with E-state index in [4.69, 9.17) is 9.72 Å². The average Bonchev–Trinajstić information content (AvgIpc) is 2.88. The van der Waals surface area contributed by atoms with Crippen LogP contribution in [-0.4, -0.2) is 15.9 Å². The average molecular weight is 431 g/mol. The van der Waals surface area contributed by atoms with E-state index >= 15 is 0 Å². The lowest BCUT2D eigenvalue weighted by molar-refractivity contribution is 0.306. The molecule has 0 aliphatic heterocycles. The molecule has 0 N–H and O–H groups in total. The van der Waals surface area contributed by atoms with E-state index in [1.54, 1.807) is 12.3 Å². The Morgan fingerprint density at radius 3 is 2.21 bits per heavy atom. The summed E-state index contributed by atoms with van der Waals surface area (Å²) in [5.74, 6) is 1.27. The molecule has 4 aromatic carbocycles. The van der Waals surface area contributed by atoms with Gasteiger partial charge in [-0.05, 0) is 47.5 Å². The van der Waals surface area contributed by atoms with E-state index in [9.17, 15) is 4.79 Å². The Bertz CT molecular complexity index is 1460. The van der Waals surface area contributed by atoms with Gasteiger partial charge in [0.15, 0.2) is 5.82 Å². The zero-order chi connectivity index (χ0) is 22.5. The van der Waals surface area contributed by atoms with Crippen LogP contribution in [0, 0.1) is 0 Å². The second-order valence-electron chi connectivity index (χ2n) is 7.52. The number of ether oxygens (including phenoxy) is 1. The van der Waals surface area contributed by atoms with Gasteiger partial charge in [0.2, 0.25) is 0 Å². The lowest BCUT2D eigenvalue weighted by Gasteiger charge is -2.09. The number of fused-ring (bicyclic) bond motifs is 1. The molecule has 1 aromatic heterocycles. The number of nitrogens with zero attached hydrogens (tertiary/aromatic N) is 3. The van der Waals surface area contributed by atoms with Crippen LogP contribution in [0.25, 0.3) is 22.3 Å². The Morgan fingerprint density at radius 1 is 0.788 bits per heavy atom. The SMILES string of the molecule is O=c1c2ccccc2nc(-c2ccccc2)n1N=Cc1ccc(OCc2ccccc2)cc1. The third-order valence-corrected chi connectivity index (χ3v) is 5.24. The predicted octanol–water partition coefficient (Wildman–Crippen LogP) is 5.52. The summed E-state index contributed by atoms with van der Waals surface area (Å²) in [4.78, 5) is 17.9. The van der Waals surface area contributed by atoms with Crippen LogP contribution < -0.4 is 10.3 Å². The topological polar surface area (TPSA) is 56.5 Å². The van der Waals surface area contributed by atoms with Gasteiger partial charge in [-0.3, -0.25) is 4.79 Å². The van der Waals surface area contributed by atoms with Gasteiger partial charge >= 0.3 is 0 Å². The summed E-state index contributed by atoms with van der Waals surface area (Å²) >= 11 is 0. The lowest BCUT2D eigenvalue weighted by atomic mass is 10.2. The summed E-state index contributed by atoms with van der Waals surface area (Å²) in [5.41, 5.74) is 3.22. The van der Waals surface area contributed by atoms with Crippen LogP contribution >= 0.6 is 0 Å². The van der Waals surface area contributed by atoms with E-state index < -0.39 is 0 Å². The first-order valence-corrected chi connectivity index (χ1v) is 10.7. The van der Waals surface area contributed by atoms with Gasteiger partial charge in [0.05, 0.1) is 17.1 Å². The van der Waals surface area contributed by atoms with Crippen LogP contribution in [0.2, 0.25) is 0 Å². The number of rotatable bonds is 6. The van der Waals surface area contributed by atoms with Gasteiger partial charge in [0, 0.05) is 5.56 Å². The second kappa shape index (κ2) is 9.32. The fraction of sp³-hybridized carbons (Fsp3) is 0.0357. The standard InChI is InChI=1S/C28H21N3O2/c32-28-25-13-7-8-14-26(25)30-27(23-11-5-2-6-12-23)31(28)29-19-21-15-17-24(18-16-21)33-20-22-9-3-1-4-10-22/h1-19H,20H2. The van der Waals surface area contributed by atoms with Crippen molar-refractivity contribution in [2.75, 3.05) is 0 Å².